The second-order valence-corrected chi connectivity index (χ2v) is 2.73. The van der Waals surface area contributed by atoms with Gasteiger partial charge in [-0.25, -0.2) is 0 Å². The largest absolute Gasteiger partial charge is 0.382 e. The smallest absolute Gasteiger partial charge is 0.251 e. The lowest BCUT2D eigenvalue weighted by molar-refractivity contribution is -0.538. The molecule has 0 saturated heterocycles. The van der Waals surface area contributed by atoms with Gasteiger partial charge in [0.2, 0.25) is 0 Å². The van der Waals surface area contributed by atoms with Gasteiger partial charge in [0.15, 0.2) is 0 Å². The minimum absolute atomic E-state index is 0.339. The molecule has 0 amide bonds. The van der Waals surface area contributed by atoms with Gasteiger partial charge in [-0.1, -0.05) is 12.2 Å². The summed E-state index contributed by atoms with van der Waals surface area (Å²) in [7, 11) is 0. The maximum absolute atomic E-state index is 10.4. The number of hydrogen-bond donors (Lipinski definition) is 1. The zero-order valence-corrected chi connectivity index (χ0v) is 6.29. The summed E-state index contributed by atoms with van der Waals surface area (Å²) in [6.07, 6.45) is 2.67. The molecule has 1 aliphatic rings. The summed E-state index contributed by atoms with van der Waals surface area (Å²) in [5.74, 6) is -0.694. The van der Waals surface area contributed by atoms with E-state index in [0.29, 0.717) is 12.7 Å². The number of carbonyl (C=O) groups is 1. The molecule has 1 aliphatic carbocycles. The van der Waals surface area contributed by atoms with Crippen LogP contribution in [0.25, 0.3) is 0 Å². The summed E-state index contributed by atoms with van der Waals surface area (Å²) in [5.41, 5.74) is 0. The average molecular weight is 171 g/mol. The van der Waals surface area contributed by atoms with Crippen molar-refractivity contribution in [3.63, 3.8) is 0 Å². The molecule has 0 aromatic carbocycles. The zero-order chi connectivity index (χ0) is 9.14. The lowest BCUT2D eigenvalue weighted by Crippen LogP contribution is -2.41. The van der Waals surface area contributed by atoms with Crippen LogP contribution in [0.5, 0.6) is 0 Å². The number of rotatable bonds is 2. The second kappa shape index (κ2) is 3.44. The van der Waals surface area contributed by atoms with Crippen molar-refractivity contribution < 1.29 is 14.8 Å². The first-order valence-corrected chi connectivity index (χ1v) is 3.60. The molecule has 0 unspecified atom stereocenters. The summed E-state index contributed by atoms with van der Waals surface area (Å²) < 4.78 is 0. The Morgan fingerprint density at radius 1 is 1.67 bits per heavy atom. The van der Waals surface area contributed by atoms with Crippen LogP contribution in [-0.2, 0) is 4.79 Å². The molecule has 0 heterocycles. The highest BCUT2D eigenvalue weighted by atomic mass is 16.6. The number of aliphatic hydroxyl groups is 1. The lowest BCUT2D eigenvalue weighted by atomic mass is 9.89. The highest BCUT2D eigenvalue weighted by Crippen LogP contribution is 2.19. The Hall–Kier alpha value is -1.23. The van der Waals surface area contributed by atoms with Gasteiger partial charge in [0.25, 0.3) is 6.04 Å². The summed E-state index contributed by atoms with van der Waals surface area (Å²) in [5, 5.41) is 19.5. The molecule has 3 atom stereocenters. The van der Waals surface area contributed by atoms with Crippen LogP contribution < -0.4 is 0 Å². The highest BCUT2D eigenvalue weighted by Gasteiger charge is 2.38. The summed E-state index contributed by atoms with van der Waals surface area (Å²) >= 11 is 0. The Balaban J connectivity index is 2.83. The topological polar surface area (TPSA) is 80.4 Å². The molecular weight excluding hydrogens is 162 g/mol. The molecule has 0 aliphatic heterocycles. The van der Waals surface area contributed by atoms with Crippen LogP contribution >= 0.6 is 0 Å². The van der Waals surface area contributed by atoms with E-state index < -0.39 is 23.0 Å². The van der Waals surface area contributed by atoms with E-state index >= 15 is 0 Å². The van der Waals surface area contributed by atoms with E-state index in [-0.39, 0.29) is 0 Å². The third-order valence-corrected chi connectivity index (χ3v) is 1.95. The minimum atomic E-state index is -1.17. The van der Waals surface area contributed by atoms with E-state index in [9.17, 15) is 14.9 Å². The number of allylic oxidation sites excluding steroid dienone is 1. The molecule has 66 valence electrons. The molecule has 5 nitrogen and oxygen atoms in total. The first-order valence-electron chi connectivity index (χ1n) is 3.60. The van der Waals surface area contributed by atoms with Crippen molar-refractivity contribution in [1.82, 2.24) is 0 Å². The predicted octanol–water partition coefficient (Wildman–Crippen LogP) is -0.232. The maximum atomic E-state index is 10.4. The van der Waals surface area contributed by atoms with Gasteiger partial charge in [0.1, 0.15) is 12.4 Å². The fraction of sp³-hybridized carbons (Fsp3) is 0.571. The molecule has 1 rings (SSSR count). The van der Waals surface area contributed by atoms with Gasteiger partial charge in [-0.3, -0.25) is 10.1 Å². The first-order chi connectivity index (χ1) is 5.66. The predicted molar refractivity (Wildman–Crippen MR) is 40.1 cm³/mol. The molecule has 0 spiro atoms. The van der Waals surface area contributed by atoms with Crippen LogP contribution in [0, 0.1) is 16.0 Å². The summed E-state index contributed by atoms with van der Waals surface area (Å²) in [6.45, 7) is 0. The molecule has 0 aromatic rings. The van der Waals surface area contributed by atoms with Crippen molar-refractivity contribution in [2.45, 2.75) is 18.6 Å². The van der Waals surface area contributed by atoms with Crippen LogP contribution in [-0.4, -0.2) is 28.5 Å². The Bertz CT molecular complexity index is 225. The van der Waals surface area contributed by atoms with Gasteiger partial charge in [-0.2, -0.15) is 0 Å². The molecular formula is C7H9NO4. The van der Waals surface area contributed by atoms with E-state index in [1.807, 2.05) is 0 Å². The van der Waals surface area contributed by atoms with E-state index in [1.165, 1.54) is 6.08 Å². The fourth-order valence-corrected chi connectivity index (χ4v) is 1.30. The molecule has 0 radical (unpaired) electrons. The van der Waals surface area contributed by atoms with E-state index in [1.54, 1.807) is 6.08 Å². The molecule has 0 bridgehead atoms. The molecule has 0 fully saturated rings. The molecule has 5 heteroatoms. The fourth-order valence-electron chi connectivity index (χ4n) is 1.30. The lowest BCUT2D eigenvalue weighted by Gasteiger charge is -2.20. The Morgan fingerprint density at radius 2 is 2.33 bits per heavy atom. The van der Waals surface area contributed by atoms with Crippen LogP contribution in [0.15, 0.2) is 12.2 Å². The van der Waals surface area contributed by atoms with Crippen LogP contribution in [0.4, 0.5) is 0 Å². The standard InChI is InChI=1S/C7H9NO4/c9-4-5-2-1-3-6(10)7(5)8(11)12/h1,3-7,10H,2H2/t5-,6+,7-/m0/s1. The van der Waals surface area contributed by atoms with Crippen LogP contribution in [0.1, 0.15) is 6.42 Å². The third kappa shape index (κ3) is 1.50. The van der Waals surface area contributed by atoms with E-state index in [2.05, 4.69) is 0 Å². The van der Waals surface area contributed by atoms with Crippen molar-refractivity contribution in [2.24, 2.45) is 5.92 Å². The van der Waals surface area contributed by atoms with Gasteiger partial charge in [0.05, 0.1) is 5.92 Å². The van der Waals surface area contributed by atoms with Crippen molar-refractivity contribution in [2.75, 3.05) is 0 Å². The van der Waals surface area contributed by atoms with Gasteiger partial charge >= 0.3 is 0 Å². The zero-order valence-electron chi connectivity index (χ0n) is 6.29. The minimum Gasteiger partial charge on any atom is -0.382 e. The Labute approximate surface area is 68.8 Å². The van der Waals surface area contributed by atoms with E-state index in [4.69, 9.17) is 5.11 Å². The number of nitrogens with zero attached hydrogens (tertiary/aromatic N) is 1. The first kappa shape index (κ1) is 8.86. The number of nitro groups is 1. The highest BCUT2D eigenvalue weighted by molar-refractivity contribution is 5.55. The molecule has 12 heavy (non-hydrogen) atoms. The summed E-state index contributed by atoms with van der Waals surface area (Å²) in [6, 6.07) is -1.17. The number of aldehydes is 1. The normalized spacial score (nSPS) is 34.6. The molecule has 0 saturated carbocycles. The quantitative estimate of drug-likeness (QED) is 0.269. The van der Waals surface area contributed by atoms with Gasteiger partial charge in [0, 0.05) is 4.92 Å². The molecule has 1 N–H and O–H groups in total. The second-order valence-electron chi connectivity index (χ2n) is 2.73. The Morgan fingerprint density at radius 3 is 2.75 bits per heavy atom. The SMILES string of the molecule is O=C[C@@H]1CC=C[C@@H](O)[C@H]1[N+](=O)[O-]. The number of hydrogen-bond acceptors (Lipinski definition) is 4. The van der Waals surface area contributed by atoms with Gasteiger partial charge < -0.3 is 9.90 Å². The van der Waals surface area contributed by atoms with Crippen LogP contribution in [0.2, 0.25) is 0 Å². The van der Waals surface area contributed by atoms with Crippen molar-refractivity contribution in [3.05, 3.63) is 22.3 Å². The molecule has 0 aromatic heterocycles. The maximum Gasteiger partial charge on any atom is 0.251 e. The van der Waals surface area contributed by atoms with Gasteiger partial charge in [-0.05, 0) is 6.42 Å². The summed E-state index contributed by atoms with van der Waals surface area (Å²) in [4.78, 5) is 20.2. The van der Waals surface area contributed by atoms with Crippen molar-refractivity contribution >= 4 is 6.29 Å². The monoisotopic (exact) mass is 171 g/mol. The van der Waals surface area contributed by atoms with Crippen molar-refractivity contribution in [3.8, 4) is 0 Å². The Kier molecular flexibility index (Phi) is 2.54. The average Bonchev–Trinajstić information content (AvgIpc) is 2.03. The van der Waals surface area contributed by atoms with E-state index in [0.717, 1.165) is 0 Å². The van der Waals surface area contributed by atoms with Gasteiger partial charge in [-0.15, -0.1) is 0 Å². The van der Waals surface area contributed by atoms with Crippen LogP contribution in [0.3, 0.4) is 0 Å². The number of carbonyl (C=O) groups excluding carboxylic acids is 1. The van der Waals surface area contributed by atoms with Crippen molar-refractivity contribution in [1.29, 1.82) is 0 Å². The third-order valence-electron chi connectivity index (χ3n) is 1.95. The number of aliphatic hydroxyl groups excluding tert-OH is 1.